The Bertz CT molecular complexity index is 400. The lowest BCUT2D eigenvalue weighted by molar-refractivity contribution is 0.0564. The minimum absolute atomic E-state index is 0.0454. The molecule has 5 heteroatoms. The second-order valence-corrected chi connectivity index (χ2v) is 2.43. The van der Waals surface area contributed by atoms with Gasteiger partial charge in [-0.3, -0.25) is 9.15 Å². The summed E-state index contributed by atoms with van der Waals surface area (Å²) in [7, 11) is 0. The average Bonchev–Trinajstić information content (AvgIpc) is 1.81. The maximum Gasteiger partial charge on any atom is 0.268 e. The van der Waals surface area contributed by atoms with E-state index in [9.17, 15) is 0 Å². The summed E-state index contributed by atoms with van der Waals surface area (Å²) in [5.74, 6) is -0.417. The molecule has 0 unspecified atom stereocenters. The van der Waals surface area contributed by atoms with E-state index in [0.717, 1.165) is 6.07 Å². The molecule has 0 aliphatic rings. The Hall–Kier alpha value is -1.29. The normalized spacial score (nSPS) is 11.0. The molecule has 11 heavy (non-hydrogen) atoms. The highest BCUT2D eigenvalue weighted by atomic mass is 35.5. The first-order valence-electron chi connectivity index (χ1n) is 2.79. The summed E-state index contributed by atoms with van der Waals surface area (Å²) in [6.45, 7) is 0. The first kappa shape index (κ1) is 6.42. The van der Waals surface area contributed by atoms with Crippen molar-refractivity contribution in [3.05, 3.63) is 11.1 Å². The van der Waals surface area contributed by atoms with Crippen LogP contribution in [0.25, 0.3) is 11.2 Å². The van der Waals surface area contributed by atoms with Gasteiger partial charge in [-0.2, -0.15) is 0 Å². The summed E-state index contributed by atoms with van der Waals surface area (Å²) in [5.41, 5.74) is 0.331. The van der Waals surface area contributed by atoms with Gasteiger partial charge in [0.25, 0.3) is 11.2 Å². The van der Waals surface area contributed by atoms with Crippen LogP contribution < -0.4 is 0 Å². The molecule has 0 atom stereocenters. The van der Waals surface area contributed by atoms with Crippen molar-refractivity contribution in [3.8, 4) is 11.5 Å². The monoisotopic (exact) mass is 174 g/mol. The molecule has 0 aliphatic carbocycles. The lowest BCUT2D eigenvalue weighted by Gasteiger charge is -2.03. The van der Waals surface area contributed by atoms with Gasteiger partial charge in [-0.05, 0) is 0 Å². The predicted molar refractivity (Wildman–Crippen MR) is 36.8 cm³/mol. The van der Waals surface area contributed by atoms with Gasteiger partial charge in [-0.15, -0.1) is 0 Å². The zero-order valence-corrected chi connectivity index (χ0v) is 5.92. The Morgan fingerprint density at radius 1 is 1.09 bits per heavy atom. The average molecular weight is 175 g/mol. The lowest BCUT2D eigenvalue weighted by Crippen LogP contribution is -1.79. The molecule has 1 aromatic heterocycles. The van der Waals surface area contributed by atoms with Crippen molar-refractivity contribution in [3.63, 3.8) is 0 Å². The number of phenols is 2. The predicted octanol–water partition coefficient (Wildman–Crippen LogP) is 2.09. The zero-order valence-electron chi connectivity index (χ0n) is 5.17. The Morgan fingerprint density at radius 2 is 1.73 bits per heavy atom. The third kappa shape index (κ3) is 0.698. The van der Waals surface area contributed by atoms with E-state index < -0.39 is 0 Å². The smallest absolute Gasteiger partial charge is 0.268 e. The summed E-state index contributed by atoms with van der Waals surface area (Å²) in [4.78, 5) is 0. The number of aromatic hydroxyl groups is 2. The number of benzene rings is 1. The van der Waals surface area contributed by atoms with Gasteiger partial charge in [0.2, 0.25) is 0 Å². The van der Waals surface area contributed by atoms with E-state index in [2.05, 4.69) is 9.15 Å². The molecule has 0 bridgehead atoms. The van der Waals surface area contributed by atoms with Crippen LogP contribution in [0.15, 0.2) is 15.2 Å². The van der Waals surface area contributed by atoms with Crippen LogP contribution in [0.5, 0.6) is 11.5 Å². The van der Waals surface area contributed by atoms with Gasteiger partial charge in [0, 0.05) is 6.07 Å². The van der Waals surface area contributed by atoms with Gasteiger partial charge in [-0.25, -0.2) is 0 Å². The molecular formula is C6H3ClO4. The Balaban J connectivity index is 2.87. The zero-order chi connectivity index (χ0) is 8.01. The molecule has 0 saturated carbocycles. The van der Waals surface area contributed by atoms with Crippen LogP contribution in [0, 0.1) is 0 Å². The molecule has 1 heterocycles. The molecule has 0 spiro atoms. The molecule has 0 radical (unpaired) electrons. The fourth-order valence-electron chi connectivity index (χ4n) is 0.795. The minimum atomic E-state index is -0.230. The van der Waals surface area contributed by atoms with Crippen LogP contribution in [0.1, 0.15) is 0 Å². The third-order valence-electron chi connectivity index (χ3n) is 1.34. The van der Waals surface area contributed by atoms with Gasteiger partial charge < -0.3 is 10.2 Å². The van der Waals surface area contributed by atoms with E-state index in [1.165, 1.54) is 0 Å². The molecule has 0 saturated heterocycles. The first-order chi connectivity index (χ1) is 5.20. The molecule has 4 nitrogen and oxygen atoms in total. The van der Waals surface area contributed by atoms with Gasteiger partial charge in [-0.1, -0.05) is 11.6 Å². The van der Waals surface area contributed by atoms with E-state index >= 15 is 0 Å². The molecular weight excluding hydrogens is 172 g/mol. The number of halogens is 1. The summed E-state index contributed by atoms with van der Waals surface area (Å²) in [6, 6.07) is 1.09. The molecule has 2 N–H and O–H groups in total. The molecule has 0 fully saturated rings. The van der Waals surface area contributed by atoms with Crippen molar-refractivity contribution in [2.45, 2.75) is 0 Å². The van der Waals surface area contributed by atoms with Crippen molar-refractivity contribution >= 4 is 22.8 Å². The van der Waals surface area contributed by atoms with Crippen LogP contribution in [0.3, 0.4) is 0 Å². The third-order valence-corrected chi connectivity index (χ3v) is 1.71. The van der Waals surface area contributed by atoms with Crippen LogP contribution in [0.4, 0.5) is 0 Å². The SMILES string of the molecule is Oc1cc(O)c2ooc2c1Cl. The maximum atomic E-state index is 9.03. The summed E-state index contributed by atoms with van der Waals surface area (Å²) in [6.07, 6.45) is 0. The van der Waals surface area contributed by atoms with Crippen LogP contribution in [-0.2, 0) is 0 Å². The van der Waals surface area contributed by atoms with E-state index in [0.29, 0.717) is 0 Å². The number of hydrogen-bond donors (Lipinski definition) is 2. The van der Waals surface area contributed by atoms with Gasteiger partial charge in [0.05, 0.1) is 0 Å². The highest BCUT2D eigenvalue weighted by Gasteiger charge is 2.18. The van der Waals surface area contributed by atoms with Crippen molar-refractivity contribution < 1.29 is 19.4 Å². The van der Waals surface area contributed by atoms with Crippen LogP contribution in [0.2, 0.25) is 5.02 Å². The first-order valence-corrected chi connectivity index (χ1v) is 3.17. The van der Waals surface area contributed by atoms with Gasteiger partial charge in [0.1, 0.15) is 10.8 Å². The Kier molecular flexibility index (Phi) is 1.08. The van der Waals surface area contributed by atoms with E-state index in [4.69, 9.17) is 21.8 Å². The van der Waals surface area contributed by atoms with E-state index in [1.54, 1.807) is 0 Å². The van der Waals surface area contributed by atoms with Crippen LogP contribution in [-0.4, -0.2) is 10.2 Å². The number of hydrogen-bond acceptors (Lipinski definition) is 4. The summed E-state index contributed by atoms with van der Waals surface area (Å²) >= 11 is 5.54. The van der Waals surface area contributed by atoms with Crippen LogP contribution >= 0.6 is 11.6 Å². The fraction of sp³-hybridized carbons (Fsp3) is 0. The van der Waals surface area contributed by atoms with Crippen molar-refractivity contribution in [1.82, 2.24) is 0 Å². The standard InChI is InChI=1S/C6H3ClO4/c7-4-2(8)1-3(9)5-6(4)11-10-5/h1,8-9H. The second kappa shape index (κ2) is 1.85. The Morgan fingerprint density at radius 3 is 2.27 bits per heavy atom. The quantitative estimate of drug-likeness (QED) is 0.600. The number of phenolic OH excluding ortho intramolecular Hbond substituents is 2. The van der Waals surface area contributed by atoms with Gasteiger partial charge >= 0.3 is 0 Å². The fourth-order valence-corrected chi connectivity index (χ4v) is 0.967. The minimum Gasteiger partial charge on any atom is -0.506 e. The summed E-state index contributed by atoms with van der Waals surface area (Å²) in [5, 5.41) is 18.1. The molecule has 0 aliphatic heterocycles. The van der Waals surface area contributed by atoms with Gasteiger partial charge in [0.15, 0.2) is 5.75 Å². The molecule has 2 rings (SSSR count). The highest BCUT2D eigenvalue weighted by Crippen LogP contribution is 2.39. The maximum absolute atomic E-state index is 9.03. The number of fused-ring (bicyclic) bond motifs is 1. The summed E-state index contributed by atoms with van der Waals surface area (Å²) < 4.78 is 8.81. The molecule has 0 amide bonds. The van der Waals surface area contributed by atoms with Crippen molar-refractivity contribution in [2.75, 3.05) is 0 Å². The highest BCUT2D eigenvalue weighted by molar-refractivity contribution is 6.36. The molecule has 2 aromatic rings. The second-order valence-electron chi connectivity index (χ2n) is 2.05. The molecule has 1 aromatic carbocycles. The Labute approximate surface area is 65.5 Å². The topological polar surface area (TPSA) is 66.7 Å². The molecule has 58 valence electrons. The van der Waals surface area contributed by atoms with E-state index in [-0.39, 0.29) is 27.7 Å². The van der Waals surface area contributed by atoms with Crippen molar-refractivity contribution in [1.29, 1.82) is 0 Å². The van der Waals surface area contributed by atoms with E-state index in [1.807, 2.05) is 0 Å². The number of rotatable bonds is 0. The lowest BCUT2D eigenvalue weighted by atomic mass is 10.3. The van der Waals surface area contributed by atoms with Crippen molar-refractivity contribution in [2.24, 2.45) is 0 Å². The largest absolute Gasteiger partial charge is 0.506 e.